The van der Waals surface area contributed by atoms with Crippen LogP contribution in [-0.2, 0) is 0 Å². The molecule has 0 aliphatic carbocycles. The van der Waals surface area contributed by atoms with Crippen molar-refractivity contribution in [1.29, 1.82) is 0 Å². The highest BCUT2D eigenvalue weighted by Crippen LogP contribution is 2.27. The number of allylic oxidation sites excluding steroid dienone is 1. The maximum Gasteiger partial charge on any atom is 0.322 e. The van der Waals surface area contributed by atoms with Crippen LogP contribution in [0.15, 0.2) is 60.2 Å². The van der Waals surface area contributed by atoms with E-state index < -0.39 is 0 Å². The molecule has 0 heterocycles. The van der Waals surface area contributed by atoms with Crippen molar-refractivity contribution in [2.75, 3.05) is 19.5 Å². The Balaban J connectivity index is 2.22. The van der Waals surface area contributed by atoms with Crippen LogP contribution in [0, 0.1) is 5.92 Å². The Hall–Kier alpha value is -2.75. The molecular weight excluding hydrogens is 336 g/mol. The summed E-state index contributed by atoms with van der Waals surface area (Å²) in [5.74, 6) is 1.05. The summed E-state index contributed by atoms with van der Waals surface area (Å²) < 4.78 is 5.16. The molecule has 1 unspecified atom stereocenters. The zero-order valence-electron chi connectivity index (χ0n) is 17.1. The molecular formula is C23H30N2O2. The molecule has 0 radical (unpaired) electrons. The van der Waals surface area contributed by atoms with Crippen molar-refractivity contribution in [3.8, 4) is 5.75 Å². The highest BCUT2D eigenvalue weighted by molar-refractivity contribution is 5.90. The fourth-order valence-corrected chi connectivity index (χ4v) is 3.39. The lowest BCUT2D eigenvalue weighted by molar-refractivity contribution is 0.198. The van der Waals surface area contributed by atoms with Crippen LogP contribution in [-0.4, -0.2) is 31.1 Å². The third-order valence-electron chi connectivity index (χ3n) is 4.95. The van der Waals surface area contributed by atoms with Crippen molar-refractivity contribution in [1.82, 2.24) is 4.90 Å². The van der Waals surface area contributed by atoms with Gasteiger partial charge in [0.2, 0.25) is 0 Å². The molecule has 27 heavy (non-hydrogen) atoms. The van der Waals surface area contributed by atoms with Crippen molar-refractivity contribution >= 4 is 17.3 Å². The minimum atomic E-state index is -0.126. The number of likely N-dealkylation sites (N-methyl/N-ethyl adjacent to an activating group) is 1. The predicted molar refractivity (Wildman–Crippen MR) is 113 cm³/mol. The van der Waals surface area contributed by atoms with E-state index in [9.17, 15) is 4.79 Å². The summed E-state index contributed by atoms with van der Waals surface area (Å²) in [6, 6.07) is 17.5. The molecule has 4 heteroatoms. The fraction of sp³-hybridized carbons (Fsp3) is 0.348. The predicted octanol–water partition coefficient (Wildman–Crippen LogP) is 5.68. The van der Waals surface area contributed by atoms with Gasteiger partial charge in [0.25, 0.3) is 0 Å². The first-order valence-electron chi connectivity index (χ1n) is 9.25. The van der Waals surface area contributed by atoms with Gasteiger partial charge in [0.15, 0.2) is 0 Å². The van der Waals surface area contributed by atoms with Crippen molar-refractivity contribution < 1.29 is 9.53 Å². The lowest BCUT2D eigenvalue weighted by Gasteiger charge is -2.33. The number of hydrogen-bond acceptors (Lipinski definition) is 2. The standard InChI is InChI=1S/C23H30N2O2/c1-16(2)22(18(4)17(3)19-10-8-7-9-11-19)25(5)23(26)24-20-12-14-21(27-6)15-13-20/h7-16,22H,1-6H3,(H,24,26)/b18-17+. The van der Waals surface area contributed by atoms with Gasteiger partial charge >= 0.3 is 6.03 Å². The first-order valence-corrected chi connectivity index (χ1v) is 9.25. The smallest absolute Gasteiger partial charge is 0.322 e. The molecule has 2 aromatic rings. The molecule has 0 aromatic heterocycles. The highest BCUT2D eigenvalue weighted by atomic mass is 16.5. The van der Waals surface area contributed by atoms with Gasteiger partial charge in [0.05, 0.1) is 13.2 Å². The third-order valence-corrected chi connectivity index (χ3v) is 4.95. The number of hydrogen-bond donors (Lipinski definition) is 1. The summed E-state index contributed by atoms with van der Waals surface area (Å²) in [6.07, 6.45) is 0. The van der Waals surface area contributed by atoms with E-state index in [-0.39, 0.29) is 18.0 Å². The SMILES string of the molecule is COc1ccc(NC(=O)N(C)C(/C(C)=C(\C)c2ccccc2)C(C)C)cc1. The van der Waals surface area contributed by atoms with Gasteiger partial charge in [0, 0.05) is 12.7 Å². The maximum atomic E-state index is 12.8. The van der Waals surface area contributed by atoms with E-state index in [1.54, 1.807) is 12.0 Å². The van der Waals surface area contributed by atoms with Crippen molar-refractivity contribution in [2.24, 2.45) is 5.92 Å². The minimum absolute atomic E-state index is 0.00320. The monoisotopic (exact) mass is 366 g/mol. The van der Waals surface area contributed by atoms with Gasteiger partial charge in [-0.3, -0.25) is 0 Å². The third kappa shape index (κ3) is 5.13. The van der Waals surface area contributed by atoms with Crippen LogP contribution >= 0.6 is 0 Å². The molecule has 0 aliphatic rings. The maximum absolute atomic E-state index is 12.8. The van der Waals surface area contributed by atoms with Gasteiger partial charge in [-0.05, 0) is 60.7 Å². The average Bonchev–Trinajstić information content (AvgIpc) is 2.68. The summed E-state index contributed by atoms with van der Waals surface area (Å²) in [5, 5.41) is 2.97. The number of urea groups is 1. The summed E-state index contributed by atoms with van der Waals surface area (Å²) in [7, 11) is 3.48. The van der Waals surface area contributed by atoms with E-state index in [0.717, 1.165) is 11.4 Å². The lowest BCUT2D eigenvalue weighted by atomic mass is 9.90. The molecule has 4 nitrogen and oxygen atoms in total. The molecule has 0 aliphatic heterocycles. The van der Waals surface area contributed by atoms with Crippen LogP contribution in [0.3, 0.4) is 0 Å². The van der Waals surface area contributed by atoms with Crippen molar-refractivity contribution in [3.05, 3.63) is 65.7 Å². The zero-order valence-corrected chi connectivity index (χ0v) is 17.1. The molecule has 1 N–H and O–H groups in total. The van der Waals surface area contributed by atoms with E-state index >= 15 is 0 Å². The molecule has 0 bridgehead atoms. The number of nitrogens with one attached hydrogen (secondary N) is 1. The molecule has 0 saturated carbocycles. The molecule has 0 fully saturated rings. The van der Waals surface area contributed by atoms with Crippen LogP contribution in [0.2, 0.25) is 0 Å². The Labute approximate surface area is 162 Å². The van der Waals surface area contributed by atoms with Gasteiger partial charge in [0.1, 0.15) is 5.75 Å². The number of carbonyl (C=O) groups excluding carboxylic acids is 1. The zero-order chi connectivity index (χ0) is 20.0. The van der Waals surface area contributed by atoms with Crippen LogP contribution in [0.4, 0.5) is 10.5 Å². The molecule has 0 spiro atoms. The van der Waals surface area contributed by atoms with Gasteiger partial charge in [-0.15, -0.1) is 0 Å². The molecule has 2 rings (SSSR count). The Kier molecular flexibility index (Phi) is 7.05. The number of amides is 2. The highest BCUT2D eigenvalue weighted by Gasteiger charge is 2.26. The van der Waals surface area contributed by atoms with Crippen LogP contribution in [0.5, 0.6) is 5.75 Å². The van der Waals surface area contributed by atoms with Crippen molar-refractivity contribution in [2.45, 2.75) is 33.7 Å². The molecule has 2 aromatic carbocycles. The summed E-state index contributed by atoms with van der Waals surface area (Å²) in [6.45, 7) is 8.52. The Morgan fingerprint density at radius 1 is 1.00 bits per heavy atom. The quantitative estimate of drug-likeness (QED) is 0.715. The first kappa shape index (κ1) is 20.6. The second kappa shape index (κ2) is 9.26. The Morgan fingerprint density at radius 2 is 1.59 bits per heavy atom. The number of anilines is 1. The molecule has 2 amide bonds. The lowest BCUT2D eigenvalue weighted by Crippen LogP contribution is -2.43. The van der Waals surface area contributed by atoms with Gasteiger partial charge < -0.3 is 15.0 Å². The van der Waals surface area contributed by atoms with E-state index in [1.807, 2.05) is 49.5 Å². The van der Waals surface area contributed by atoms with E-state index in [4.69, 9.17) is 4.74 Å². The van der Waals surface area contributed by atoms with Gasteiger partial charge in [-0.2, -0.15) is 0 Å². The van der Waals surface area contributed by atoms with E-state index in [2.05, 4.69) is 45.1 Å². The topological polar surface area (TPSA) is 41.6 Å². The Bertz CT molecular complexity index is 780. The summed E-state index contributed by atoms with van der Waals surface area (Å²) in [4.78, 5) is 14.6. The average molecular weight is 367 g/mol. The second-order valence-electron chi connectivity index (χ2n) is 7.13. The number of nitrogens with zero attached hydrogens (tertiary/aromatic N) is 1. The van der Waals surface area contributed by atoms with E-state index in [0.29, 0.717) is 0 Å². The largest absolute Gasteiger partial charge is 0.497 e. The molecule has 1 atom stereocenters. The number of carbonyl (C=O) groups is 1. The van der Waals surface area contributed by atoms with Crippen molar-refractivity contribution in [3.63, 3.8) is 0 Å². The van der Waals surface area contributed by atoms with Gasteiger partial charge in [-0.25, -0.2) is 4.79 Å². The van der Waals surface area contributed by atoms with E-state index in [1.165, 1.54) is 16.7 Å². The first-order chi connectivity index (χ1) is 12.8. The number of benzene rings is 2. The number of rotatable bonds is 6. The van der Waals surface area contributed by atoms with Gasteiger partial charge in [-0.1, -0.05) is 44.2 Å². The number of methoxy groups -OCH3 is 1. The second-order valence-corrected chi connectivity index (χ2v) is 7.13. The summed E-state index contributed by atoms with van der Waals surface area (Å²) in [5.41, 5.74) is 4.34. The van der Waals surface area contributed by atoms with Crippen LogP contribution < -0.4 is 10.1 Å². The summed E-state index contributed by atoms with van der Waals surface area (Å²) >= 11 is 0. The number of ether oxygens (including phenoxy) is 1. The minimum Gasteiger partial charge on any atom is -0.497 e. The molecule has 144 valence electrons. The Morgan fingerprint density at radius 3 is 2.11 bits per heavy atom. The van der Waals surface area contributed by atoms with Crippen LogP contribution in [0.1, 0.15) is 33.3 Å². The molecule has 0 saturated heterocycles. The normalized spacial score (nSPS) is 13.0. The van der Waals surface area contributed by atoms with Crippen LogP contribution in [0.25, 0.3) is 5.57 Å². The fourth-order valence-electron chi connectivity index (χ4n) is 3.39.